The Morgan fingerprint density at radius 3 is 2.30 bits per heavy atom. The van der Waals surface area contributed by atoms with Crippen molar-refractivity contribution in [1.29, 1.82) is 0 Å². The zero-order valence-electron chi connectivity index (χ0n) is 10.1. The Kier molecular flexibility index (Phi) is 4.33. The number of allylic oxidation sites excluding steroid dienone is 4. The Hall–Kier alpha value is -1.96. The van der Waals surface area contributed by atoms with Crippen LogP contribution >= 0.6 is 0 Å². The van der Waals surface area contributed by atoms with Crippen molar-refractivity contribution in [2.45, 2.75) is 0 Å². The molecule has 104 valence electrons. The van der Waals surface area contributed by atoms with Gasteiger partial charge in [-0.3, -0.25) is 0 Å². The molecule has 0 aromatic heterocycles. The van der Waals surface area contributed by atoms with E-state index < -0.39 is 10.2 Å². The first-order chi connectivity index (χ1) is 9.43. The van der Waals surface area contributed by atoms with Gasteiger partial charge >= 0.3 is 0 Å². The number of para-hydroxylation sites is 1. The van der Waals surface area contributed by atoms with Gasteiger partial charge in [-0.1, -0.05) is 18.2 Å². The average molecular weight is 296 g/mol. The number of nitrogens with one attached hydrogen (secondary N) is 1. The summed E-state index contributed by atoms with van der Waals surface area (Å²) in [5.41, 5.74) is 1.01. The monoisotopic (exact) mass is 295 g/mol. The molecule has 0 bridgehead atoms. The van der Waals surface area contributed by atoms with E-state index in [1.165, 1.54) is 5.22 Å². The van der Waals surface area contributed by atoms with E-state index in [0.717, 1.165) is 16.8 Å². The molecule has 1 N–H and O–H groups in total. The second-order valence-corrected chi connectivity index (χ2v) is 4.57. The minimum absolute atomic E-state index is 0.855. The smallest absolute Gasteiger partial charge is 0.247 e. The molecule has 0 unspecified atom stereocenters. The molecule has 2 heterocycles. The molecule has 2 aliphatic rings. The fraction of sp³-hybridized carbons (Fsp3) is 0. The summed E-state index contributed by atoms with van der Waals surface area (Å²) in [5.74, 6) is 0.855. The Balaban J connectivity index is 0.000000257. The number of hydrogen-bond acceptors (Lipinski definition) is 5. The lowest BCUT2D eigenvalue weighted by atomic mass is 10.2. The van der Waals surface area contributed by atoms with E-state index in [1.807, 2.05) is 30.4 Å². The van der Waals surface area contributed by atoms with Crippen molar-refractivity contribution in [1.82, 2.24) is 0 Å². The SMILES string of the molecule is C1=CO/C(=C2/C=c3ccccc3=[NH+]2)C=C1.[O-][Cl+3]([O-])([O-])[O-]. The van der Waals surface area contributed by atoms with Crippen LogP contribution in [0.3, 0.4) is 0 Å². The first kappa shape index (κ1) is 14.4. The molecule has 0 atom stereocenters. The number of benzene rings is 1. The van der Waals surface area contributed by atoms with Crippen molar-refractivity contribution in [3.05, 3.63) is 70.8 Å². The third kappa shape index (κ3) is 4.30. The highest BCUT2D eigenvalue weighted by molar-refractivity contribution is 5.47. The average Bonchev–Trinajstić information content (AvgIpc) is 2.81. The summed E-state index contributed by atoms with van der Waals surface area (Å²) >= 11 is 0. The standard InChI is InChI=1S/C13H9NO.ClHO4/c1-2-6-11-10(5-1)9-12(14-11)13-7-3-4-8-15-13;2-1(3,4)5/h1-9H;(H,2,3,4,5)/b13-12-;. The fourth-order valence-corrected chi connectivity index (χ4v) is 1.70. The molecule has 0 saturated heterocycles. The Bertz CT molecular complexity index is 657. The molecule has 0 amide bonds. The van der Waals surface area contributed by atoms with Crippen molar-refractivity contribution >= 4 is 6.08 Å². The van der Waals surface area contributed by atoms with Gasteiger partial charge < -0.3 is 4.74 Å². The highest BCUT2D eigenvalue weighted by Crippen LogP contribution is 2.08. The number of fused-ring (bicyclic) bond motifs is 1. The molecule has 0 spiro atoms. The normalized spacial score (nSPS) is 19.2. The predicted octanol–water partition coefficient (Wildman–Crippen LogP) is -5.26. The minimum atomic E-state index is -4.94. The molecule has 20 heavy (non-hydrogen) atoms. The van der Waals surface area contributed by atoms with E-state index in [-0.39, 0.29) is 0 Å². The molecule has 3 rings (SSSR count). The number of hydrogen-bond donors (Lipinski definition) is 1. The molecular formula is C13H10ClNO5. The summed E-state index contributed by atoms with van der Waals surface area (Å²) in [6.45, 7) is 0. The van der Waals surface area contributed by atoms with Gasteiger partial charge in [0.1, 0.15) is 0 Å². The third-order valence-corrected chi connectivity index (χ3v) is 2.43. The lowest BCUT2D eigenvalue weighted by Crippen LogP contribution is -2.74. The summed E-state index contributed by atoms with van der Waals surface area (Å²) in [6.07, 6.45) is 9.55. The summed E-state index contributed by atoms with van der Waals surface area (Å²) in [4.78, 5) is 3.32. The predicted molar refractivity (Wildman–Crippen MR) is 56.6 cm³/mol. The number of halogens is 1. The fourth-order valence-electron chi connectivity index (χ4n) is 1.70. The molecule has 0 fully saturated rings. The molecule has 0 saturated carbocycles. The van der Waals surface area contributed by atoms with Crippen LogP contribution in [0.15, 0.2) is 60.2 Å². The van der Waals surface area contributed by atoms with Crippen LogP contribution in [-0.4, -0.2) is 0 Å². The van der Waals surface area contributed by atoms with E-state index >= 15 is 0 Å². The zero-order chi connectivity index (χ0) is 14.6. The van der Waals surface area contributed by atoms with E-state index in [9.17, 15) is 0 Å². The molecule has 0 aliphatic carbocycles. The number of rotatable bonds is 0. The van der Waals surface area contributed by atoms with Crippen LogP contribution in [0.25, 0.3) is 6.08 Å². The van der Waals surface area contributed by atoms with E-state index in [1.54, 1.807) is 6.26 Å². The van der Waals surface area contributed by atoms with Gasteiger partial charge in [0.25, 0.3) is 0 Å². The maximum absolute atomic E-state index is 8.49. The molecule has 6 nitrogen and oxygen atoms in total. The minimum Gasteiger partial charge on any atom is -0.458 e. The lowest BCUT2D eigenvalue weighted by Gasteiger charge is -2.17. The van der Waals surface area contributed by atoms with Crippen LogP contribution < -0.4 is 34.2 Å². The van der Waals surface area contributed by atoms with Crippen LogP contribution in [0.5, 0.6) is 0 Å². The van der Waals surface area contributed by atoms with Gasteiger partial charge in [-0.25, -0.2) is 23.6 Å². The van der Waals surface area contributed by atoms with Crippen molar-refractivity contribution in [2.75, 3.05) is 0 Å². The van der Waals surface area contributed by atoms with Gasteiger partial charge in [-0.15, -0.1) is 10.2 Å². The van der Waals surface area contributed by atoms with Crippen LogP contribution in [0.4, 0.5) is 0 Å². The Labute approximate surface area is 116 Å². The van der Waals surface area contributed by atoms with Crippen LogP contribution in [0.1, 0.15) is 0 Å². The Morgan fingerprint density at radius 1 is 1.00 bits per heavy atom. The molecule has 1 aromatic rings. The van der Waals surface area contributed by atoms with Gasteiger partial charge in [0.05, 0.1) is 11.5 Å². The highest BCUT2D eigenvalue weighted by atomic mass is 35.7. The van der Waals surface area contributed by atoms with Crippen molar-refractivity contribution in [2.24, 2.45) is 0 Å². The second-order valence-electron chi connectivity index (χ2n) is 3.82. The maximum Gasteiger partial charge on any atom is 0.247 e. The van der Waals surface area contributed by atoms with Gasteiger partial charge in [-0.05, 0) is 18.2 Å². The number of ether oxygens (including phenoxy) is 1. The van der Waals surface area contributed by atoms with Gasteiger partial charge in [0.2, 0.25) is 11.1 Å². The molecular weight excluding hydrogens is 286 g/mol. The first-order valence-electron chi connectivity index (χ1n) is 5.50. The van der Waals surface area contributed by atoms with Crippen molar-refractivity contribution in [3.63, 3.8) is 0 Å². The van der Waals surface area contributed by atoms with Gasteiger partial charge in [-0.2, -0.15) is 0 Å². The summed E-state index contributed by atoms with van der Waals surface area (Å²) in [6, 6.07) is 8.19. The molecule has 7 heteroatoms. The quantitative estimate of drug-likeness (QED) is 0.513. The maximum atomic E-state index is 8.49. The summed E-state index contributed by atoms with van der Waals surface area (Å²) < 4.78 is 39.4. The van der Waals surface area contributed by atoms with Crippen molar-refractivity contribution in [3.8, 4) is 0 Å². The first-order valence-corrected chi connectivity index (χ1v) is 6.73. The van der Waals surface area contributed by atoms with Crippen molar-refractivity contribution < 1.29 is 38.6 Å². The topological polar surface area (TPSA) is 115 Å². The van der Waals surface area contributed by atoms with E-state index in [0.29, 0.717) is 0 Å². The summed E-state index contributed by atoms with van der Waals surface area (Å²) in [7, 11) is -4.94. The molecule has 2 aliphatic heterocycles. The van der Waals surface area contributed by atoms with Crippen LogP contribution in [-0.2, 0) is 4.74 Å². The third-order valence-electron chi connectivity index (χ3n) is 2.43. The summed E-state index contributed by atoms with van der Waals surface area (Å²) in [5, 5.41) is 2.33. The highest BCUT2D eigenvalue weighted by Gasteiger charge is 2.13. The lowest BCUT2D eigenvalue weighted by molar-refractivity contribution is -2.00. The Morgan fingerprint density at radius 2 is 1.70 bits per heavy atom. The zero-order valence-corrected chi connectivity index (χ0v) is 10.9. The largest absolute Gasteiger partial charge is 0.458 e. The van der Waals surface area contributed by atoms with E-state index in [4.69, 9.17) is 23.4 Å². The van der Waals surface area contributed by atoms with Gasteiger partial charge in [0, 0.05) is 12.1 Å². The van der Waals surface area contributed by atoms with Gasteiger partial charge in [0.15, 0.2) is 5.76 Å². The van der Waals surface area contributed by atoms with E-state index in [2.05, 4.69) is 23.2 Å². The van der Waals surface area contributed by atoms with Crippen LogP contribution in [0, 0.1) is 10.2 Å². The second kappa shape index (κ2) is 6.00. The molecule has 1 aromatic carbocycles. The molecule has 0 radical (unpaired) electrons. The van der Waals surface area contributed by atoms with Crippen LogP contribution in [0.2, 0.25) is 0 Å².